The Balaban J connectivity index is 2.15. The van der Waals surface area contributed by atoms with Crippen molar-refractivity contribution in [2.75, 3.05) is 6.54 Å². The van der Waals surface area contributed by atoms with Gasteiger partial charge >= 0.3 is 0 Å². The zero-order valence-corrected chi connectivity index (χ0v) is 10.4. The van der Waals surface area contributed by atoms with Crippen LogP contribution in [0, 0.1) is 13.8 Å². The molecule has 1 fully saturated rings. The molecule has 1 amide bonds. The van der Waals surface area contributed by atoms with Crippen molar-refractivity contribution >= 4 is 5.91 Å². The van der Waals surface area contributed by atoms with Crippen LogP contribution >= 0.6 is 0 Å². The third-order valence-electron chi connectivity index (χ3n) is 4.05. The standard InChI is InChI=1S/C14H18N2O/c1-8-5-9(2)10-3-4-16-13(17)7-12(15)14(16)11(10)6-8/h5-6,12,14H,3-4,7,15H2,1-2H3. The molecule has 0 radical (unpaired) electrons. The molecule has 0 bridgehead atoms. The van der Waals surface area contributed by atoms with Crippen molar-refractivity contribution in [1.29, 1.82) is 0 Å². The third-order valence-corrected chi connectivity index (χ3v) is 4.05. The average molecular weight is 230 g/mol. The first-order chi connectivity index (χ1) is 8.08. The minimum absolute atomic E-state index is 0.0391. The van der Waals surface area contributed by atoms with Gasteiger partial charge < -0.3 is 10.6 Å². The molecule has 0 saturated carbocycles. The number of amides is 1. The lowest BCUT2D eigenvalue weighted by Gasteiger charge is -2.34. The second-order valence-electron chi connectivity index (χ2n) is 5.30. The van der Waals surface area contributed by atoms with Crippen LogP contribution in [-0.4, -0.2) is 23.4 Å². The number of aryl methyl sites for hydroxylation is 2. The van der Waals surface area contributed by atoms with Crippen LogP contribution < -0.4 is 5.73 Å². The fourth-order valence-electron chi connectivity index (χ4n) is 3.35. The topological polar surface area (TPSA) is 46.3 Å². The molecule has 2 aliphatic heterocycles. The summed E-state index contributed by atoms with van der Waals surface area (Å²) >= 11 is 0. The molecule has 2 atom stereocenters. The van der Waals surface area contributed by atoms with Crippen molar-refractivity contribution < 1.29 is 4.79 Å². The van der Waals surface area contributed by atoms with E-state index in [-0.39, 0.29) is 18.0 Å². The van der Waals surface area contributed by atoms with Crippen molar-refractivity contribution in [3.63, 3.8) is 0 Å². The van der Waals surface area contributed by atoms with Gasteiger partial charge in [0.25, 0.3) is 0 Å². The molecule has 3 rings (SSSR count). The van der Waals surface area contributed by atoms with Gasteiger partial charge in [-0.3, -0.25) is 4.79 Å². The Labute approximate surface area is 102 Å². The Morgan fingerprint density at radius 2 is 2.12 bits per heavy atom. The molecule has 2 N–H and O–H groups in total. The number of rotatable bonds is 0. The summed E-state index contributed by atoms with van der Waals surface area (Å²) in [5.41, 5.74) is 11.4. The van der Waals surface area contributed by atoms with E-state index in [2.05, 4.69) is 26.0 Å². The number of fused-ring (bicyclic) bond motifs is 3. The Morgan fingerprint density at radius 1 is 1.35 bits per heavy atom. The smallest absolute Gasteiger partial charge is 0.224 e. The molecule has 1 aromatic carbocycles. The van der Waals surface area contributed by atoms with Gasteiger partial charge in [0.1, 0.15) is 0 Å². The quantitative estimate of drug-likeness (QED) is 0.733. The van der Waals surface area contributed by atoms with Gasteiger partial charge in [0.2, 0.25) is 5.91 Å². The van der Waals surface area contributed by atoms with E-state index in [1.165, 1.54) is 22.3 Å². The summed E-state index contributed by atoms with van der Waals surface area (Å²) in [6.07, 6.45) is 1.47. The van der Waals surface area contributed by atoms with E-state index in [1.807, 2.05) is 4.90 Å². The Morgan fingerprint density at radius 3 is 2.88 bits per heavy atom. The van der Waals surface area contributed by atoms with Gasteiger partial charge in [0.15, 0.2) is 0 Å². The van der Waals surface area contributed by atoms with Crippen molar-refractivity contribution in [2.45, 2.75) is 38.8 Å². The van der Waals surface area contributed by atoms with Gasteiger partial charge in [0, 0.05) is 19.0 Å². The summed E-state index contributed by atoms with van der Waals surface area (Å²) in [4.78, 5) is 13.8. The molecular formula is C14H18N2O. The van der Waals surface area contributed by atoms with Gasteiger partial charge in [0.05, 0.1) is 6.04 Å². The van der Waals surface area contributed by atoms with Crippen molar-refractivity contribution in [3.8, 4) is 0 Å². The SMILES string of the molecule is Cc1cc(C)c2c(c1)C1C(N)CC(=O)N1CC2. The minimum atomic E-state index is -0.0391. The third kappa shape index (κ3) is 1.49. The van der Waals surface area contributed by atoms with E-state index in [0.29, 0.717) is 6.42 Å². The van der Waals surface area contributed by atoms with Crippen LogP contribution in [0.5, 0.6) is 0 Å². The fourth-order valence-corrected chi connectivity index (χ4v) is 3.35. The lowest BCUT2D eigenvalue weighted by Crippen LogP contribution is -2.38. The zero-order valence-electron chi connectivity index (χ0n) is 10.4. The first-order valence-electron chi connectivity index (χ1n) is 6.23. The van der Waals surface area contributed by atoms with Crippen LogP contribution in [0.25, 0.3) is 0 Å². The summed E-state index contributed by atoms with van der Waals surface area (Å²) in [6.45, 7) is 5.09. The molecule has 3 nitrogen and oxygen atoms in total. The lowest BCUT2D eigenvalue weighted by molar-refractivity contribution is -0.129. The summed E-state index contributed by atoms with van der Waals surface area (Å²) < 4.78 is 0. The van der Waals surface area contributed by atoms with Crippen molar-refractivity contribution in [1.82, 2.24) is 4.90 Å². The average Bonchev–Trinajstić information content (AvgIpc) is 2.54. The maximum Gasteiger partial charge on any atom is 0.224 e. The van der Waals surface area contributed by atoms with Crippen LogP contribution in [0.1, 0.15) is 34.7 Å². The normalized spacial score (nSPS) is 27.0. The number of carbonyl (C=O) groups is 1. The summed E-state index contributed by atoms with van der Waals surface area (Å²) in [5, 5.41) is 0. The second kappa shape index (κ2) is 3.57. The largest absolute Gasteiger partial charge is 0.334 e. The van der Waals surface area contributed by atoms with Crippen LogP contribution in [-0.2, 0) is 11.2 Å². The van der Waals surface area contributed by atoms with E-state index in [9.17, 15) is 4.79 Å². The molecule has 1 saturated heterocycles. The number of nitrogens with two attached hydrogens (primary N) is 1. The number of carbonyl (C=O) groups excluding carboxylic acids is 1. The molecule has 90 valence electrons. The predicted molar refractivity (Wildman–Crippen MR) is 66.7 cm³/mol. The van der Waals surface area contributed by atoms with Crippen LogP contribution in [0.4, 0.5) is 0 Å². The van der Waals surface area contributed by atoms with Gasteiger partial charge in [-0.25, -0.2) is 0 Å². The number of hydrogen-bond acceptors (Lipinski definition) is 2. The summed E-state index contributed by atoms with van der Waals surface area (Å²) in [7, 11) is 0. The van der Waals surface area contributed by atoms with Gasteiger partial charge in [-0.15, -0.1) is 0 Å². The predicted octanol–water partition coefficient (Wildman–Crippen LogP) is 1.46. The first-order valence-corrected chi connectivity index (χ1v) is 6.23. The number of nitrogens with zero attached hydrogens (tertiary/aromatic N) is 1. The fraction of sp³-hybridized carbons (Fsp3) is 0.500. The van der Waals surface area contributed by atoms with E-state index in [4.69, 9.17) is 5.73 Å². The highest BCUT2D eigenvalue weighted by Crippen LogP contribution is 2.39. The van der Waals surface area contributed by atoms with E-state index >= 15 is 0 Å². The first kappa shape index (κ1) is 10.8. The Hall–Kier alpha value is -1.35. The molecule has 1 aromatic rings. The van der Waals surface area contributed by atoms with Gasteiger partial charge in [-0.05, 0) is 37.0 Å². The van der Waals surface area contributed by atoms with Crippen LogP contribution in [0.15, 0.2) is 12.1 Å². The van der Waals surface area contributed by atoms with Crippen molar-refractivity contribution in [2.24, 2.45) is 5.73 Å². The number of hydrogen-bond donors (Lipinski definition) is 1. The molecule has 0 aromatic heterocycles. The highest BCUT2D eigenvalue weighted by molar-refractivity contribution is 5.81. The van der Waals surface area contributed by atoms with E-state index < -0.39 is 0 Å². The summed E-state index contributed by atoms with van der Waals surface area (Å²) in [5.74, 6) is 0.215. The summed E-state index contributed by atoms with van der Waals surface area (Å²) in [6, 6.07) is 4.50. The maximum absolute atomic E-state index is 11.8. The molecule has 2 aliphatic rings. The lowest BCUT2D eigenvalue weighted by atomic mass is 9.87. The molecule has 3 heteroatoms. The second-order valence-corrected chi connectivity index (χ2v) is 5.30. The Kier molecular flexibility index (Phi) is 2.26. The highest BCUT2D eigenvalue weighted by Gasteiger charge is 2.41. The van der Waals surface area contributed by atoms with Crippen molar-refractivity contribution in [3.05, 3.63) is 34.4 Å². The van der Waals surface area contributed by atoms with Crippen LogP contribution in [0.2, 0.25) is 0 Å². The molecule has 17 heavy (non-hydrogen) atoms. The highest BCUT2D eigenvalue weighted by atomic mass is 16.2. The molecule has 2 heterocycles. The monoisotopic (exact) mass is 230 g/mol. The Bertz CT molecular complexity index is 495. The number of benzene rings is 1. The van der Waals surface area contributed by atoms with Crippen LogP contribution in [0.3, 0.4) is 0 Å². The minimum Gasteiger partial charge on any atom is -0.334 e. The maximum atomic E-state index is 11.8. The molecule has 0 aliphatic carbocycles. The van der Waals surface area contributed by atoms with E-state index in [0.717, 1.165) is 13.0 Å². The zero-order chi connectivity index (χ0) is 12.2. The van der Waals surface area contributed by atoms with E-state index in [1.54, 1.807) is 0 Å². The molecule has 2 unspecified atom stereocenters. The molecular weight excluding hydrogens is 212 g/mol. The molecule has 0 spiro atoms. The van der Waals surface area contributed by atoms with Gasteiger partial charge in [-0.1, -0.05) is 17.7 Å². The van der Waals surface area contributed by atoms with Gasteiger partial charge in [-0.2, -0.15) is 0 Å².